The molecule has 1 aliphatic rings. The number of halogens is 1. The second-order valence-corrected chi connectivity index (χ2v) is 8.96. The summed E-state index contributed by atoms with van der Waals surface area (Å²) in [5, 5.41) is 17.8. The number of rotatable bonds is 8. The van der Waals surface area contributed by atoms with Crippen molar-refractivity contribution in [2.24, 2.45) is 0 Å². The van der Waals surface area contributed by atoms with Gasteiger partial charge < -0.3 is 20.0 Å². The first-order valence-corrected chi connectivity index (χ1v) is 12.2. The Bertz CT molecular complexity index is 1500. The van der Waals surface area contributed by atoms with Gasteiger partial charge in [-0.3, -0.25) is 19.9 Å². The number of furan rings is 1. The van der Waals surface area contributed by atoms with Gasteiger partial charge in [0.05, 0.1) is 27.9 Å². The van der Waals surface area contributed by atoms with Gasteiger partial charge in [0.1, 0.15) is 23.4 Å². The normalized spacial score (nSPS) is 16.8. The van der Waals surface area contributed by atoms with E-state index in [0.717, 1.165) is 0 Å². The van der Waals surface area contributed by atoms with Gasteiger partial charge in [-0.25, -0.2) is 4.39 Å². The third kappa shape index (κ3) is 5.09. The molecule has 0 unspecified atom stereocenters. The Hall–Kier alpha value is -4.64. The number of anilines is 1. The Labute approximate surface area is 222 Å². The lowest BCUT2D eigenvalue weighted by atomic mass is 10.0. The van der Waals surface area contributed by atoms with E-state index in [1.165, 1.54) is 18.2 Å². The van der Waals surface area contributed by atoms with Gasteiger partial charge in [-0.15, -0.1) is 0 Å². The fraction of sp³-hybridized carbons (Fsp3) is 0.148. The summed E-state index contributed by atoms with van der Waals surface area (Å²) in [5.41, 5.74) is 1.09. The number of pyridine rings is 1. The SMILES string of the molecule is O=C(CCN1C(=S)N[C@H](c2ccccn2)[C@H]1c1ccc(-c2ccccc2[N+](=O)[O-])o1)Nc1ccccc1F. The summed E-state index contributed by atoms with van der Waals surface area (Å²) < 4.78 is 20.1. The average Bonchev–Trinajstić information content (AvgIpc) is 3.53. The van der Waals surface area contributed by atoms with Gasteiger partial charge in [0.25, 0.3) is 5.69 Å². The molecule has 2 aromatic carbocycles. The van der Waals surface area contributed by atoms with Crippen LogP contribution in [0.4, 0.5) is 15.8 Å². The molecule has 2 atom stereocenters. The lowest BCUT2D eigenvalue weighted by Crippen LogP contribution is -2.32. The Kier molecular flexibility index (Phi) is 7.09. The molecule has 0 radical (unpaired) electrons. The third-order valence-electron chi connectivity index (χ3n) is 6.21. The maximum atomic E-state index is 14.0. The Balaban J connectivity index is 1.43. The molecule has 9 nitrogen and oxygen atoms in total. The minimum Gasteiger partial charge on any atom is -0.459 e. The average molecular weight is 532 g/mol. The topological polar surface area (TPSA) is 114 Å². The number of nitro groups is 1. The maximum Gasteiger partial charge on any atom is 0.280 e. The highest BCUT2D eigenvalue weighted by molar-refractivity contribution is 7.80. The first kappa shape index (κ1) is 25.0. The van der Waals surface area contributed by atoms with Gasteiger partial charge in [-0.2, -0.15) is 0 Å². The van der Waals surface area contributed by atoms with E-state index in [0.29, 0.717) is 27.9 Å². The molecule has 4 aromatic rings. The number of carbonyl (C=O) groups excluding carboxylic acids is 1. The molecule has 1 fully saturated rings. The van der Waals surface area contributed by atoms with E-state index in [4.69, 9.17) is 16.6 Å². The molecule has 0 spiro atoms. The molecule has 11 heteroatoms. The van der Waals surface area contributed by atoms with Crippen molar-refractivity contribution in [3.05, 3.63) is 112 Å². The number of nitro benzene ring substituents is 1. The van der Waals surface area contributed by atoms with E-state index in [2.05, 4.69) is 15.6 Å². The molecule has 192 valence electrons. The summed E-state index contributed by atoms with van der Waals surface area (Å²) in [7, 11) is 0. The van der Waals surface area contributed by atoms with Crippen molar-refractivity contribution in [2.75, 3.05) is 11.9 Å². The number of aromatic nitrogens is 1. The van der Waals surface area contributed by atoms with E-state index in [9.17, 15) is 19.3 Å². The molecule has 0 bridgehead atoms. The minimum absolute atomic E-state index is 0.0271. The van der Waals surface area contributed by atoms with Gasteiger partial charge in [0, 0.05) is 25.2 Å². The largest absolute Gasteiger partial charge is 0.459 e. The monoisotopic (exact) mass is 531 g/mol. The van der Waals surface area contributed by atoms with Crippen molar-refractivity contribution in [3.63, 3.8) is 0 Å². The van der Waals surface area contributed by atoms with Gasteiger partial charge in [0.15, 0.2) is 5.11 Å². The Morgan fingerprint density at radius 1 is 1.11 bits per heavy atom. The summed E-state index contributed by atoms with van der Waals surface area (Å²) in [6, 6.07) is 20.3. The second kappa shape index (κ2) is 10.8. The Morgan fingerprint density at radius 3 is 2.63 bits per heavy atom. The molecule has 5 rings (SSSR count). The fourth-order valence-electron chi connectivity index (χ4n) is 4.45. The molecule has 1 saturated heterocycles. The molecular formula is C27H22FN5O4S. The quantitative estimate of drug-likeness (QED) is 0.177. The summed E-state index contributed by atoms with van der Waals surface area (Å²) in [5.74, 6) is -0.0683. The number of hydrogen-bond donors (Lipinski definition) is 2. The highest BCUT2D eigenvalue weighted by Crippen LogP contribution is 2.41. The lowest BCUT2D eigenvalue weighted by molar-refractivity contribution is -0.384. The van der Waals surface area contributed by atoms with Crippen molar-refractivity contribution < 1.29 is 18.5 Å². The van der Waals surface area contributed by atoms with Crippen LogP contribution >= 0.6 is 12.2 Å². The van der Waals surface area contributed by atoms with Crippen LogP contribution in [0.1, 0.15) is 30.0 Å². The zero-order valence-electron chi connectivity index (χ0n) is 19.9. The van der Waals surface area contributed by atoms with Crippen LogP contribution in [0.3, 0.4) is 0 Å². The third-order valence-corrected chi connectivity index (χ3v) is 6.56. The van der Waals surface area contributed by atoms with Crippen molar-refractivity contribution in [1.29, 1.82) is 0 Å². The number of nitrogens with zero attached hydrogens (tertiary/aromatic N) is 3. The van der Waals surface area contributed by atoms with Crippen LogP contribution in [0.2, 0.25) is 0 Å². The molecule has 1 amide bonds. The van der Waals surface area contributed by atoms with E-state index in [1.807, 2.05) is 17.0 Å². The number of nitrogens with one attached hydrogen (secondary N) is 2. The van der Waals surface area contributed by atoms with Gasteiger partial charge >= 0.3 is 0 Å². The number of hydrogen-bond acceptors (Lipinski definition) is 6. The maximum absolute atomic E-state index is 14.0. The summed E-state index contributed by atoms with van der Waals surface area (Å²) >= 11 is 5.62. The smallest absolute Gasteiger partial charge is 0.280 e. The van der Waals surface area contributed by atoms with Crippen LogP contribution in [0.5, 0.6) is 0 Å². The van der Waals surface area contributed by atoms with Crippen molar-refractivity contribution >= 4 is 34.6 Å². The number of para-hydroxylation sites is 2. The number of amides is 1. The fourth-order valence-corrected chi connectivity index (χ4v) is 4.78. The highest BCUT2D eigenvalue weighted by atomic mass is 32.1. The second-order valence-electron chi connectivity index (χ2n) is 8.57. The standard InChI is InChI=1S/C27H22FN5O4S/c28-18-8-2-3-9-19(18)30-24(34)14-16-32-26(25(31-27(32)38)20-10-5-6-15-29-20)23-13-12-22(37-23)17-7-1-4-11-21(17)33(35)36/h1-13,15,25-26H,14,16H2,(H,30,34)(H,31,38)/t25-,26-/m1/s1. The minimum atomic E-state index is -0.523. The number of carbonyl (C=O) groups is 1. The van der Waals surface area contributed by atoms with Crippen LogP contribution < -0.4 is 10.6 Å². The zero-order valence-corrected chi connectivity index (χ0v) is 20.7. The van der Waals surface area contributed by atoms with Crippen LogP contribution in [-0.2, 0) is 4.79 Å². The van der Waals surface area contributed by atoms with E-state index >= 15 is 0 Å². The lowest BCUT2D eigenvalue weighted by Gasteiger charge is -2.25. The van der Waals surface area contributed by atoms with Crippen LogP contribution in [-0.4, -0.2) is 32.4 Å². The molecular weight excluding hydrogens is 509 g/mol. The summed E-state index contributed by atoms with van der Waals surface area (Å²) in [6.45, 7) is 0.210. The predicted octanol–water partition coefficient (Wildman–Crippen LogP) is 5.39. The molecule has 2 N–H and O–H groups in total. The Morgan fingerprint density at radius 2 is 1.87 bits per heavy atom. The van der Waals surface area contributed by atoms with E-state index in [-0.39, 0.29) is 30.2 Å². The van der Waals surface area contributed by atoms with Gasteiger partial charge in [0.2, 0.25) is 5.91 Å². The molecule has 38 heavy (non-hydrogen) atoms. The molecule has 0 saturated carbocycles. The van der Waals surface area contributed by atoms with Crippen LogP contribution in [0, 0.1) is 15.9 Å². The highest BCUT2D eigenvalue weighted by Gasteiger charge is 2.41. The van der Waals surface area contributed by atoms with Gasteiger partial charge in [-0.05, 0) is 54.7 Å². The predicted molar refractivity (Wildman–Crippen MR) is 143 cm³/mol. The number of thiocarbonyl (C=S) groups is 1. The van der Waals surface area contributed by atoms with Crippen molar-refractivity contribution in [2.45, 2.75) is 18.5 Å². The van der Waals surface area contributed by atoms with Crippen molar-refractivity contribution in [1.82, 2.24) is 15.2 Å². The van der Waals surface area contributed by atoms with Crippen LogP contribution in [0.15, 0.2) is 89.5 Å². The first-order valence-electron chi connectivity index (χ1n) is 11.8. The first-order chi connectivity index (χ1) is 18.4. The molecule has 2 aromatic heterocycles. The van der Waals surface area contributed by atoms with Crippen LogP contribution in [0.25, 0.3) is 11.3 Å². The molecule has 1 aliphatic heterocycles. The van der Waals surface area contributed by atoms with E-state index in [1.54, 1.807) is 54.7 Å². The zero-order chi connectivity index (χ0) is 26.6. The summed E-state index contributed by atoms with van der Waals surface area (Å²) in [6.07, 6.45) is 1.70. The molecule has 3 heterocycles. The van der Waals surface area contributed by atoms with E-state index < -0.39 is 22.8 Å². The molecule has 0 aliphatic carbocycles. The van der Waals surface area contributed by atoms with Crippen molar-refractivity contribution in [3.8, 4) is 11.3 Å². The van der Waals surface area contributed by atoms with Gasteiger partial charge in [-0.1, -0.05) is 30.3 Å². The summed E-state index contributed by atoms with van der Waals surface area (Å²) in [4.78, 5) is 30.0. The number of benzene rings is 2.